The molecule has 28 heavy (non-hydrogen) atoms. The van der Waals surface area contributed by atoms with Crippen LogP contribution >= 0.6 is 11.6 Å². The van der Waals surface area contributed by atoms with Crippen molar-refractivity contribution >= 4 is 17.5 Å². The lowest BCUT2D eigenvalue weighted by Gasteiger charge is -2.21. The zero-order valence-corrected chi connectivity index (χ0v) is 16.6. The van der Waals surface area contributed by atoms with Gasteiger partial charge in [-0.2, -0.15) is 0 Å². The molecule has 0 aromatic heterocycles. The molecule has 1 amide bonds. The van der Waals surface area contributed by atoms with Crippen molar-refractivity contribution < 1.29 is 14.3 Å². The normalized spacial score (nSPS) is 11.5. The van der Waals surface area contributed by atoms with Gasteiger partial charge < -0.3 is 14.8 Å². The van der Waals surface area contributed by atoms with Crippen LogP contribution in [0.1, 0.15) is 27.5 Å². The highest BCUT2D eigenvalue weighted by atomic mass is 35.5. The number of rotatable bonds is 7. The molecule has 1 atom stereocenters. The predicted octanol–water partition coefficient (Wildman–Crippen LogP) is 5.07. The number of halogens is 1. The van der Waals surface area contributed by atoms with Crippen LogP contribution in [0.4, 0.5) is 0 Å². The number of hydrogen-bond acceptors (Lipinski definition) is 3. The average Bonchev–Trinajstić information content (AvgIpc) is 2.73. The monoisotopic (exact) mass is 395 g/mol. The second-order valence-electron chi connectivity index (χ2n) is 6.34. The molecule has 0 radical (unpaired) electrons. The zero-order chi connectivity index (χ0) is 19.9. The minimum absolute atomic E-state index is 0.182. The highest BCUT2D eigenvalue weighted by molar-refractivity contribution is 6.30. The molecule has 0 aliphatic rings. The third kappa shape index (κ3) is 4.84. The standard InChI is InChI=1S/C23H22ClNO3/c1-27-21-12-11-17(15-22(21)28-2)20(13-16-7-4-3-5-8-16)25-23(26)18-9-6-10-19(24)14-18/h3-12,14-15,20H,13H2,1-2H3,(H,25,26)/t20-/m0/s1. The van der Waals surface area contributed by atoms with Crippen LogP contribution in [0.5, 0.6) is 11.5 Å². The number of amides is 1. The van der Waals surface area contributed by atoms with Crippen LogP contribution in [0.3, 0.4) is 0 Å². The molecule has 0 aliphatic carbocycles. The lowest BCUT2D eigenvalue weighted by Crippen LogP contribution is -2.30. The first-order chi connectivity index (χ1) is 13.6. The molecule has 5 heteroatoms. The second-order valence-corrected chi connectivity index (χ2v) is 6.78. The molecule has 0 fully saturated rings. The molecular weight excluding hydrogens is 374 g/mol. The van der Waals surface area contributed by atoms with E-state index < -0.39 is 0 Å². The summed E-state index contributed by atoms with van der Waals surface area (Å²) in [6.07, 6.45) is 0.641. The SMILES string of the molecule is COc1ccc([C@H](Cc2ccccc2)NC(=O)c2cccc(Cl)c2)cc1OC. The summed E-state index contributed by atoms with van der Waals surface area (Å²) >= 11 is 6.03. The van der Waals surface area contributed by atoms with Crippen LogP contribution < -0.4 is 14.8 Å². The number of nitrogens with one attached hydrogen (secondary N) is 1. The van der Waals surface area contributed by atoms with Crippen molar-refractivity contribution in [3.05, 3.63) is 94.5 Å². The van der Waals surface area contributed by atoms with E-state index in [4.69, 9.17) is 21.1 Å². The van der Waals surface area contributed by atoms with Gasteiger partial charge in [0.15, 0.2) is 11.5 Å². The highest BCUT2D eigenvalue weighted by Crippen LogP contribution is 2.31. The van der Waals surface area contributed by atoms with Gasteiger partial charge in [-0.05, 0) is 47.9 Å². The number of carbonyl (C=O) groups excluding carboxylic acids is 1. The fourth-order valence-electron chi connectivity index (χ4n) is 3.04. The zero-order valence-electron chi connectivity index (χ0n) is 15.8. The molecule has 0 saturated heterocycles. The Morgan fingerprint density at radius 3 is 2.36 bits per heavy atom. The molecule has 0 bridgehead atoms. The molecule has 0 heterocycles. The van der Waals surface area contributed by atoms with Crippen molar-refractivity contribution in [2.75, 3.05) is 14.2 Å². The van der Waals surface area contributed by atoms with E-state index in [9.17, 15) is 4.79 Å². The summed E-state index contributed by atoms with van der Waals surface area (Å²) in [7, 11) is 3.19. The van der Waals surface area contributed by atoms with Crippen molar-refractivity contribution in [3.8, 4) is 11.5 Å². The Morgan fingerprint density at radius 1 is 0.929 bits per heavy atom. The second kappa shape index (κ2) is 9.29. The summed E-state index contributed by atoms with van der Waals surface area (Å²) < 4.78 is 10.8. The first kappa shape index (κ1) is 19.8. The maximum absolute atomic E-state index is 12.8. The van der Waals surface area contributed by atoms with Gasteiger partial charge in [-0.25, -0.2) is 0 Å². The van der Waals surface area contributed by atoms with E-state index in [1.54, 1.807) is 38.5 Å². The number of ether oxygens (including phenoxy) is 2. The average molecular weight is 396 g/mol. The Bertz CT molecular complexity index is 944. The quantitative estimate of drug-likeness (QED) is 0.607. The maximum Gasteiger partial charge on any atom is 0.251 e. The number of hydrogen-bond donors (Lipinski definition) is 1. The number of benzene rings is 3. The van der Waals surface area contributed by atoms with Gasteiger partial charge in [-0.3, -0.25) is 4.79 Å². The molecule has 3 aromatic rings. The van der Waals surface area contributed by atoms with Crippen molar-refractivity contribution in [1.29, 1.82) is 0 Å². The molecule has 4 nitrogen and oxygen atoms in total. The third-order valence-corrected chi connectivity index (χ3v) is 4.72. The van der Waals surface area contributed by atoms with E-state index in [0.717, 1.165) is 11.1 Å². The van der Waals surface area contributed by atoms with Crippen molar-refractivity contribution in [1.82, 2.24) is 5.32 Å². The molecule has 0 spiro atoms. The van der Waals surface area contributed by atoms with Gasteiger partial charge in [0.05, 0.1) is 20.3 Å². The van der Waals surface area contributed by atoms with E-state index in [1.807, 2.05) is 48.5 Å². The smallest absolute Gasteiger partial charge is 0.251 e. The lowest BCUT2D eigenvalue weighted by atomic mass is 9.98. The molecule has 3 aromatic carbocycles. The summed E-state index contributed by atoms with van der Waals surface area (Å²) in [6.45, 7) is 0. The van der Waals surface area contributed by atoms with Crippen LogP contribution in [-0.2, 0) is 6.42 Å². The van der Waals surface area contributed by atoms with E-state index in [2.05, 4.69) is 5.32 Å². The minimum Gasteiger partial charge on any atom is -0.493 e. The predicted molar refractivity (Wildman–Crippen MR) is 111 cm³/mol. The summed E-state index contributed by atoms with van der Waals surface area (Å²) in [5, 5.41) is 3.65. The van der Waals surface area contributed by atoms with Gasteiger partial charge in [-0.15, -0.1) is 0 Å². The van der Waals surface area contributed by atoms with Gasteiger partial charge in [0.1, 0.15) is 0 Å². The van der Waals surface area contributed by atoms with Gasteiger partial charge in [0, 0.05) is 10.6 Å². The van der Waals surface area contributed by atoms with E-state index in [1.165, 1.54) is 0 Å². The first-order valence-corrected chi connectivity index (χ1v) is 9.31. The fourth-order valence-corrected chi connectivity index (χ4v) is 3.23. The van der Waals surface area contributed by atoms with Crippen LogP contribution in [-0.4, -0.2) is 20.1 Å². The van der Waals surface area contributed by atoms with E-state index >= 15 is 0 Å². The first-order valence-electron chi connectivity index (χ1n) is 8.93. The molecule has 0 unspecified atom stereocenters. The summed E-state index contributed by atoms with van der Waals surface area (Å²) in [5.41, 5.74) is 2.57. The van der Waals surface area contributed by atoms with Gasteiger partial charge in [0.2, 0.25) is 0 Å². The van der Waals surface area contributed by atoms with Gasteiger partial charge in [-0.1, -0.05) is 54.1 Å². The summed E-state index contributed by atoms with van der Waals surface area (Å²) in [4.78, 5) is 12.8. The Balaban J connectivity index is 1.92. The third-order valence-electron chi connectivity index (χ3n) is 4.48. The molecule has 3 rings (SSSR count). The van der Waals surface area contributed by atoms with Crippen molar-refractivity contribution in [2.24, 2.45) is 0 Å². The topological polar surface area (TPSA) is 47.6 Å². The van der Waals surface area contributed by atoms with E-state index in [-0.39, 0.29) is 11.9 Å². The van der Waals surface area contributed by atoms with Crippen LogP contribution in [0.15, 0.2) is 72.8 Å². The highest BCUT2D eigenvalue weighted by Gasteiger charge is 2.18. The Labute approximate surface area is 170 Å². The van der Waals surface area contributed by atoms with Gasteiger partial charge >= 0.3 is 0 Å². The summed E-state index contributed by atoms with van der Waals surface area (Å²) in [6, 6.07) is 22.4. The van der Waals surface area contributed by atoms with Crippen LogP contribution in [0, 0.1) is 0 Å². The largest absolute Gasteiger partial charge is 0.493 e. The maximum atomic E-state index is 12.8. The Kier molecular flexibility index (Phi) is 6.56. The molecule has 144 valence electrons. The van der Waals surface area contributed by atoms with Crippen molar-refractivity contribution in [2.45, 2.75) is 12.5 Å². The summed E-state index contributed by atoms with van der Waals surface area (Å²) in [5.74, 6) is 1.08. The van der Waals surface area contributed by atoms with Crippen LogP contribution in [0.25, 0.3) is 0 Å². The van der Waals surface area contributed by atoms with Gasteiger partial charge in [0.25, 0.3) is 5.91 Å². The molecule has 1 N–H and O–H groups in total. The number of methoxy groups -OCH3 is 2. The number of carbonyl (C=O) groups is 1. The minimum atomic E-state index is -0.242. The molecule has 0 aliphatic heterocycles. The fraction of sp³-hybridized carbons (Fsp3) is 0.174. The van der Waals surface area contributed by atoms with E-state index in [0.29, 0.717) is 28.5 Å². The molecule has 0 saturated carbocycles. The van der Waals surface area contributed by atoms with Crippen molar-refractivity contribution in [3.63, 3.8) is 0 Å². The Hall–Kier alpha value is -2.98. The lowest BCUT2D eigenvalue weighted by molar-refractivity contribution is 0.0936. The van der Waals surface area contributed by atoms with Crippen LogP contribution in [0.2, 0.25) is 5.02 Å². The Morgan fingerprint density at radius 2 is 1.68 bits per heavy atom. The molecular formula is C23H22ClNO3.